The van der Waals surface area contributed by atoms with Crippen molar-refractivity contribution in [3.05, 3.63) is 30.0 Å². The van der Waals surface area contributed by atoms with Crippen LogP contribution in [0.4, 0.5) is 0 Å². The van der Waals surface area contributed by atoms with E-state index in [9.17, 15) is 4.79 Å². The number of furan rings is 1. The zero-order valence-corrected chi connectivity index (χ0v) is 8.19. The summed E-state index contributed by atoms with van der Waals surface area (Å²) in [7, 11) is 0. The van der Waals surface area contributed by atoms with Gasteiger partial charge in [0.1, 0.15) is 23.2 Å². The van der Waals surface area contributed by atoms with Gasteiger partial charge in [-0.05, 0) is 19.1 Å². The monoisotopic (exact) mass is 206 g/mol. The zero-order chi connectivity index (χ0) is 10.8. The van der Waals surface area contributed by atoms with Gasteiger partial charge >= 0.3 is 5.97 Å². The molecule has 0 radical (unpaired) electrons. The van der Waals surface area contributed by atoms with Gasteiger partial charge in [-0.1, -0.05) is 0 Å². The number of fused-ring (bicyclic) bond motifs is 1. The summed E-state index contributed by atoms with van der Waals surface area (Å²) in [4.78, 5) is 10.8. The van der Waals surface area contributed by atoms with Crippen LogP contribution in [0.3, 0.4) is 0 Å². The molecule has 4 heteroatoms. The molecular formula is C11H10O4. The number of ether oxygens (including phenoxy) is 1. The van der Waals surface area contributed by atoms with E-state index in [1.807, 2.05) is 6.92 Å². The Kier molecular flexibility index (Phi) is 2.33. The molecule has 0 aliphatic rings. The number of carboxylic acids is 1. The lowest BCUT2D eigenvalue weighted by molar-refractivity contribution is 0.0698. The Balaban J connectivity index is 2.51. The lowest BCUT2D eigenvalue weighted by atomic mass is 10.2. The van der Waals surface area contributed by atoms with E-state index in [1.54, 1.807) is 18.2 Å². The Morgan fingerprint density at radius 2 is 2.33 bits per heavy atom. The molecule has 2 rings (SSSR count). The predicted molar refractivity (Wildman–Crippen MR) is 54.3 cm³/mol. The second-order valence-electron chi connectivity index (χ2n) is 3.05. The fraction of sp³-hybridized carbons (Fsp3) is 0.182. The van der Waals surface area contributed by atoms with Crippen LogP contribution in [0.25, 0.3) is 11.0 Å². The van der Waals surface area contributed by atoms with Crippen LogP contribution in [0.1, 0.15) is 17.3 Å². The van der Waals surface area contributed by atoms with Crippen molar-refractivity contribution < 1.29 is 19.1 Å². The van der Waals surface area contributed by atoms with Gasteiger partial charge in [0.2, 0.25) is 0 Å². The van der Waals surface area contributed by atoms with Crippen LogP contribution in [0.15, 0.2) is 28.9 Å². The molecule has 0 saturated heterocycles. The highest BCUT2D eigenvalue weighted by molar-refractivity contribution is 6.02. The summed E-state index contributed by atoms with van der Waals surface area (Å²) in [6, 6.07) is 5.10. The Labute approximate surface area is 86.1 Å². The first-order valence-corrected chi connectivity index (χ1v) is 4.59. The maximum atomic E-state index is 10.8. The number of aromatic carboxylic acids is 1. The van der Waals surface area contributed by atoms with E-state index >= 15 is 0 Å². The first-order chi connectivity index (χ1) is 7.22. The lowest BCUT2D eigenvalue weighted by Gasteiger charge is -2.01. The van der Waals surface area contributed by atoms with Crippen LogP contribution in [0, 0.1) is 0 Å². The third kappa shape index (κ3) is 1.66. The molecule has 0 spiro atoms. The molecule has 78 valence electrons. The number of carboxylic acid groups (broad SMARTS) is 1. The third-order valence-electron chi connectivity index (χ3n) is 2.09. The van der Waals surface area contributed by atoms with Gasteiger partial charge < -0.3 is 14.3 Å². The fourth-order valence-corrected chi connectivity index (χ4v) is 1.43. The minimum Gasteiger partial charge on any atom is -0.494 e. The van der Waals surface area contributed by atoms with Crippen molar-refractivity contribution in [1.82, 2.24) is 0 Å². The summed E-state index contributed by atoms with van der Waals surface area (Å²) in [5.41, 5.74) is 0.700. The van der Waals surface area contributed by atoms with Gasteiger partial charge in [-0.3, -0.25) is 0 Å². The van der Waals surface area contributed by atoms with E-state index in [1.165, 1.54) is 6.26 Å². The molecule has 1 aromatic carbocycles. The molecule has 0 amide bonds. The van der Waals surface area contributed by atoms with Crippen LogP contribution < -0.4 is 4.74 Å². The lowest BCUT2D eigenvalue weighted by Crippen LogP contribution is -1.94. The minimum absolute atomic E-state index is 0.174. The van der Waals surface area contributed by atoms with E-state index in [4.69, 9.17) is 14.3 Å². The highest BCUT2D eigenvalue weighted by Gasteiger charge is 2.12. The van der Waals surface area contributed by atoms with Gasteiger partial charge in [-0.25, -0.2) is 4.79 Å². The zero-order valence-electron chi connectivity index (χ0n) is 8.19. The highest BCUT2D eigenvalue weighted by atomic mass is 16.5. The quantitative estimate of drug-likeness (QED) is 0.838. The van der Waals surface area contributed by atoms with Crippen molar-refractivity contribution in [1.29, 1.82) is 0 Å². The van der Waals surface area contributed by atoms with Crippen molar-refractivity contribution in [2.75, 3.05) is 6.61 Å². The molecule has 0 unspecified atom stereocenters. The standard InChI is InChI=1S/C11H10O4/c1-2-14-7-3-4-8-9(11(12)13)6-15-10(8)5-7/h3-6H,2H2,1H3,(H,12,13). The summed E-state index contributed by atoms with van der Waals surface area (Å²) < 4.78 is 10.4. The topological polar surface area (TPSA) is 59.7 Å². The summed E-state index contributed by atoms with van der Waals surface area (Å²) in [5.74, 6) is -0.311. The molecule has 1 N–H and O–H groups in total. The summed E-state index contributed by atoms with van der Waals surface area (Å²) in [5, 5.41) is 9.44. The third-order valence-corrected chi connectivity index (χ3v) is 2.09. The van der Waals surface area contributed by atoms with Crippen molar-refractivity contribution in [2.24, 2.45) is 0 Å². The van der Waals surface area contributed by atoms with Gasteiger partial charge in [-0.15, -0.1) is 0 Å². The number of rotatable bonds is 3. The van der Waals surface area contributed by atoms with Crippen molar-refractivity contribution in [3.8, 4) is 5.75 Å². The summed E-state index contributed by atoms with van der Waals surface area (Å²) >= 11 is 0. The van der Waals surface area contributed by atoms with Crippen LogP contribution >= 0.6 is 0 Å². The van der Waals surface area contributed by atoms with Gasteiger partial charge in [0.15, 0.2) is 0 Å². The molecule has 0 saturated carbocycles. The predicted octanol–water partition coefficient (Wildman–Crippen LogP) is 2.53. The summed E-state index contributed by atoms with van der Waals surface area (Å²) in [6.07, 6.45) is 1.24. The highest BCUT2D eigenvalue weighted by Crippen LogP contribution is 2.25. The van der Waals surface area contributed by atoms with E-state index in [2.05, 4.69) is 0 Å². The minimum atomic E-state index is -0.988. The van der Waals surface area contributed by atoms with E-state index in [-0.39, 0.29) is 5.56 Å². The fourth-order valence-electron chi connectivity index (χ4n) is 1.43. The van der Waals surface area contributed by atoms with Gasteiger partial charge in [0.25, 0.3) is 0 Å². The van der Waals surface area contributed by atoms with E-state index < -0.39 is 5.97 Å². The number of carbonyl (C=O) groups is 1. The van der Waals surface area contributed by atoms with Crippen LogP contribution in [-0.4, -0.2) is 17.7 Å². The van der Waals surface area contributed by atoms with E-state index in [0.717, 1.165) is 0 Å². The molecule has 1 heterocycles. The molecule has 0 bridgehead atoms. The summed E-state index contributed by atoms with van der Waals surface area (Å²) in [6.45, 7) is 2.45. The van der Waals surface area contributed by atoms with Crippen LogP contribution in [0.5, 0.6) is 5.75 Å². The molecule has 1 aromatic heterocycles. The Morgan fingerprint density at radius 3 is 3.00 bits per heavy atom. The smallest absolute Gasteiger partial charge is 0.339 e. The van der Waals surface area contributed by atoms with Gasteiger partial charge in [0, 0.05) is 11.5 Å². The number of benzene rings is 1. The van der Waals surface area contributed by atoms with Crippen LogP contribution in [-0.2, 0) is 0 Å². The van der Waals surface area contributed by atoms with Crippen LogP contribution in [0.2, 0.25) is 0 Å². The maximum absolute atomic E-state index is 10.8. The normalized spacial score (nSPS) is 10.5. The molecular weight excluding hydrogens is 196 g/mol. The molecule has 4 nitrogen and oxygen atoms in total. The number of hydrogen-bond donors (Lipinski definition) is 1. The maximum Gasteiger partial charge on any atom is 0.339 e. The average molecular weight is 206 g/mol. The molecule has 0 aliphatic carbocycles. The largest absolute Gasteiger partial charge is 0.494 e. The van der Waals surface area contributed by atoms with Gasteiger partial charge in [0.05, 0.1) is 6.61 Å². The Morgan fingerprint density at radius 1 is 1.53 bits per heavy atom. The Hall–Kier alpha value is -1.97. The first-order valence-electron chi connectivity index (χ1n) is 4.59. The van der Waals surface area contributed by atoms with Gasteiger partial charge in [-0.2, -0.15) is 0 Å². The molecule has 15 heavy (non-hydrogen) atoms. The van der Waals surface area contributed by atoms with E-state index in [0.29, 0.717) is 23.3 Å². The van der Waals surface area contributed by atoms with Crippen molar-refractivity contribution in [3.63, 3.8) is 0 Å². The van der Waals surface area contributed by atoms with Crippen molar-refractivity contribution in [2.45, 2.75) is 6.92 Å². The molecule has 0 fully saturated rings. The molecule has 2 aromatic rings. The second kappa shape index (κ2) is 3.65. The SMILES string of the molecule is CCOc1ccc2c(C(=O)O)coc2c1. The Bertz CT molecular complexity index is 498. The second-order valence-corrected chi connectivity index (χ2v) is 3.05. The first kappa shape index (κ1) is 9.58. The number of hydrogen-bond acceptors (Lipinski definition) is 3. The molecule has 0 atom stereocenters. The molecule has 0 aliphatic heterocycles. The van der Waals surface area contributed by atoms with Crippen molar-refractivity contribution >= 4 is 16.9 Å². The average Bonchev–Trinajstić information content (AvgIpc) is 2.61.